The van der Waals surface area contributed by atoms with E-state index in [1.807, 2.05) is 23.9 Å². The molecule has 2 rings (SSSR count). The molecular formula is C18H29N3O2S3. The van der Waals surface area contributed by atoms with Crippen LogP contribution in [-0.4, -0.2) is 67.5 Å². The second kappa shape index (κ2) is 9.92. The molecule has 8 heteroatoms. The van der Waals surface area contributed by atoms with Gasteiger partial charge >= 0.3 is 0 Å². The Hall–Kier alpha value is -0.830. The lowest BCUT2D eigenvalue weighted by Gasteiger charge is -2.35. The second-order valence-electron chi connectivity index (χ2n) is 6.69. The van der Waals surface area contributed by atoms with Gasteiger partial charge < -0.3 is 10.2 Å². The zero-order chi connectivity index (χ0) is 19.2. The van der Waals surface area contributed by atoms with Crippen molar-refractivity contribution in [2.45, 2.75) is 31.1 Å². The van der Waals surface area contributed by atoms with E-state index in [-0.39, 0.29) is 0 Å². The Morgan fingerprint density at radius 2 is 1.81 bits per heavy atom. The van der Waals surface area contributed by atoms with Crippen molar-refractivity contribution in [2.75, 3.05) is 44.7 Å². The van der Waals surface area contributed by atoms with Crippen LogP contribution in [0, 0.1) is 0 Å². The van der Waals surface area contributed by atoms with Gasteiger partial charge in [-0.3, -0.25) is 0 Å². The summed E-state index contributed by atoms with van der Waals surface area (Å²) in [5, 5.41) is 3.99. The van der Waals surface area contributed by atoms with Gasteiger partial charge in [0.2, 0.25) is 10.0 Å². The van der Waals surface area contributed by atoms with E-state index >= 15 is 0 Å². The van der Waals surface area contributed by atoms with Crippen molar-refractivity contribution >= 4 is 39.1 Å². The second-order valence-corrected chi connectivity index (χ2v) is 10.0. The van der Waals surface area contributed by atoms with Gasteiger partial charge in [-0.2, -0.15) is 16.1 Å². The van der Waals surface area contributed by atoms with Gasteiger partial charge in [-0.1, -0.05) is 26.0 Å². The van der Waals surface area contributed by atoms with Crippen LogP contribution in [0.5, 0.6) is 0 Å². The molecular weight excluding hydrogens is 386 g/mol. The van der Waals surface area contributed by atoms with Crippen LogP contribution < -0.4 is 5.32 Å². The lowest BCUT2D eigenvalue weighted by molar-refractivity contribution is 0.264. The van der Waals surface area contributed by atoms with Crippen molar-refractivity contribution in [1.82, 2.24) is 14.5 Å². The molecule has 1 aliphatic rings. The van der Waals surface area contributed by atoms with Crippen molar-refractivity contribution in [3.63, 3.8) is 0 Å². The maximum atomic E-state index is 12.8. The fourth-order valence-corrected chi connectivity index (χ4v) is 4.97. The first-order valence-electron chi connectivity index (χ1n) is 8.98. The Morgan fingerprint density at radius 1 is 1.19 bits per heavy atom. The summed E-state index contributed by atoms with van der Waals surface area (Å²) in [4.78, 5) is 2.43. The molecule has 0 saturated carbocycles. The number of hydrogen-bond donors (Lipinski definition) is 1. The first-order chi connectivity index (χ1) is 12.4. The summed E-state index contributed by atoms with van der Waals surface area (Å²) < 4.78 is 27.3. The molecule has 1 saturated heterocycles. The van der Waals surface area contributed by atoms with Crippen LogP contribution in [0.3, 0.4) is 0 Å². The number of thioether (sulfide) groups is 1. The number of hydrogen-bond acceptors (Lipinski definition) is 4. The number of piperazine rings is 1. The van der Waals surface area contributed by atoms with E-state index in [4.69, 9.17) is 12.2 Å². The van der Waals surface area contributed by atoms with Gasteiger partial charge in [0.05, 0.1) is 4.90 Å². The van der Waals surface area contributed by atoms with E-state index in [1.165, 1.54) is 0 Å². The Balaban J connectivity index is 1.90. The molecule has 0 unspecified atom stereocenters. The zero-order valence-corrected chi connectivity index (χ0v) is 18.2. The molecule has 146 valence electrons. The van der Waals surface area contributed by atoms with Crippen LogP contribution in [0.25, 0.3) is 0 Å². The number of nitrogens with one attached hydrogen (secondary N) is 1. The molecule has 0 spiro atoms. The molecule has 26 heavy (non-hydrogen) atoms. The van der Waals surface area contributed by atoms with Crippen molar-refractivity contribution in [3.8, 4) is 0 Å². The summed E-state index contributed by atoms with van der Waals surface area (Å²) in [6.07, 6.45) is 3.16. The molecule has 0 aliphatic carbocycles. The quantitative estimate of drug-likeness (QED) is 0.546. The molecule has 1 aliphatic heterocycles. The predicted molar refractivity (Wildman–Crippen MR) is 114 cm³/mol. The maximum Gasteiger partial charge on any atom is 0.243 e. The van der Waals surface area contributed by atoms with Gasteiger partial charge in [-0.25, -0.2) is 8.42 Å². The Morgan fingerprint density at radius 3 is 2.35 bits per heavy atom. The third kappa shape index (κ3) is 5.58. The third-order valence-corrected chi connectivity index (χ3v) is 7.52. The largest absolute Gasteiger partial charge is 0.363 e. The molecule has 5 nitrogen and oxygen atoms in total. The van der Waals surface area contributed by atoms with Gasteiger partial charge in [-0.05, 0) is 54.3 Å². The molecule has 1 aromatic rings. The van der Waals surface area contributed by atoms with Crippen molar-refractivity contribution in [1.29, 1.82) is 0 Å². The highest BCUT2D eigenvalue weighted by molar-refractivity contribution is 7.98. The lowest BCUT2D eigenvalue weighted by atomic mass is 10.0. The van der Waals surface area contributed by atoms with E-state index in [2.05, 4.69) is 30.3 Å². The smallest absolute Gasteiger partial charge is 0.243 e. The number of rotatable bonds is 7. The molecule has 1 heterocycles. The van der Waals surface area contributed by atoms with Crippen LogP contribution in [0.15, 0.2) is 29.2 Å². The molecule has 0 bridgehead atoms. The van der Waals surface area contributed by atoms with E-state index in [0.29, 0.717) is 37.0 Å². The SMILES string of the molecule is CSCCCNC(=S)N1CCN(S(=O)(=O)c2ccc(C(C)C)cc2)CC1. The van der Waals surface area contributed by atoms with Crippen LogP contribution >= 0.6 is 24.0 Å². The summed E-state index contributed by atoms with van der Waals surface area (Å²) in [5.41, 5.74) is 1.15. The van der Waals surface area contributed by atoms with Crippen LogP contribution in [0.1, 0.15) is 31.7 Å². The monoisotopic (exact) mass is 415 g/mol. The summed E-state index contributed by atoms with van der Waals surface area (Å²) in [5.74, 6) is 1.50. The summed E-state index contributed by atoms with van der Waals surface area (Å²) in [6, 6.07) is 7.24. The average molecular weight is 416 g/mol. The van der Waals surface area contributed by atoms with Gasteiger partial charge in [-0.15, -0.1) is 0 Å². The molecule has 0 aromatic heterocycles. The van der Waals surface area contributed by atoms with Gasteiger partial charge in [0.1, 0.15) is 0 Å². The van der Waals surface area contributed by atoms with Crippen LogP contribution in [-0.2, 0) is 10.0 Å². The summed E-state index contributed by atoms with van der Waals surface area (Å²) in [7, 11) is -3.44. The van der Waals surface area contributed by atoms with Crippen molar-refractivity contribution in [3.05, 3.63) is 29.8 Å². The lowest BCUT2D eigenvalue weighted by Crippen LogP contribution is -2.53. The normalized spacial score (nSPS) is 16.1. The van der Waals surface area contributed by atoms with Gasteiger partial charge in [0.25, 0.3) is 0 Å². The standard InChI is InChI=1S/C18H29N3O2S3/c1-15(2)16-5-7-17(8-6-16)26(22,23)21-12-10-20(11-13-21)18(24)19-9-4-14-25-3/h5-8,15H,4,9-14H2,1-3H3,(H,19,24). The maximum absolute atomic E-state index is 12.8. The Labute approximate surface area is 167 Å². The van der Waals surface area contributed by atoms with Crippen molar-refractivity contribution < 1.29 is 8.42 Å². The highest BCUT2D eigenvalue weighted by atomic mass is 32.2. The Bertz CT molecular complexity index is 682. The van der Waals surface area contributed by atoms with E-state index < -0.39 is 10.0 Å². The fraction of sp³-hybridized carbons (Fsp3) is 0.611. The number of benzene rings is 1. The first kappa shape index (κ1) is 21.5. The molecule has 1 fully saturated rings. The minimum Gasteiger partial charge on any atom is -0.363 e. The van der Waals surface area contributed by atoms with E-state index in [0.717, 1.165) is 29.4 Å². The van der Waals surface area contributed by atoms with Crippen molar-refractivity contribution in [2.24, 2.45) is 0 Å². The fourth-order valence-electron chi connectivity index (χ4n) is 2.83. The van der Waals surface area contributed by atoms with Gasteiger partial charge in [0, 0.05) is 32.7 Å². The molecule has 1 aromatic carbocycles. The average Bonchev–Trinajstić information content (AvgIpc) is 2.65. The number of sulfonamides is 1. The minimum atomic E-state index is -3.44. The minimum absolute atomic E-state index is 0.369. The molecule has 0 amide bonds. The first-order valence-corrected chi connectivity index (χ1v) is 12.2. The predicted octanol–water partition coefficient (Wildman–Crippen LogP) is 2.74. The van der Waals surface area contributed by atoms with Gasteiger partial charge in [0.15, 0.2) is 5.11 Å². The molecule has 0 atom stereocenters. The summed E-state index contributed by atoms with van der Waals surface area (Å²) in [6.45, 7) is 7.22. The number of nitrogens with zero attached hydrogens (tertiary/aromatic N) is 2. The Kier molecular flexibility index (Phi) is 8.19. The highest BCUT2D eigenvalue weighted by Gasteiger charge is 2.29. The topological polar surface area (TPSA) is 52.6 Å². The molecule has 0 radical (unpaired) electrons. The van der Waals surface area contributed by atoms with Crippen LogP contribution in [0.2, 0.25) is 0 Å². The van der Waals surface area contributed by atoms with Crippen LogP contribution in [0.4, 0.5) is 0 Å². The third-order valence-electron chi connectivity index (χ3n) is 4.51. The highest BCUT2D eigenvalue weighted by Crippen LogP contribution is 2.21. The van der Waals surface area contributed by atoms with E-state index in [9.17, 15) is 8.42 Å². The van der Waals surface area contributed by atoms with E-state index in [1.54, 1.807) is 16.4 Å². The summed E-state index contributed by atoms with van der Waals surface area (Å²) >= 11 is 7.25. The molecule has 1 N–H and O–H groups in total. The zero-order valence-electron chi connectivity index (χ0n) is 15.8. The number of thiocarbonyl (C=S) groups is 1.